The zero-order valence-electron chi connectivity index (χ0n) is 7.35. The number of ether oxygens (including phenoxy) is 1. The van der Waals surface area contributed by atoms with Gasteiger partial charge in [-0.3, -0.25) is 0 Å². The van der Waals surface area contributed by atoms with Gasteiger partial charge in [-0.1, -0.05) is 0 Å². The molecule has 0 aromatic heterocycles. The first-order valence-electron chi connectivity index (χ1n) is 3.80. The van der Waals surface area contributed by atoms with E-state index in [-0.39, 0.29) is 11.7 Å². The molecule has 0 aromatic rings. The molecule has 0 rings (SSSR count). The summed E-state index contributed by atoms with van der Waals surface area (Å²) in [5.41, 5.74) is -0.178. The first-order chi connectivity index (χ1) is 4.48. The number of aliphatic hydroxyl groups excluding tert-OH is 1. The first kappa shape index (κ1) is 9.92. The van der Waals surface area contributed by atoms with E-state index in [1.54, 1.807) is 6.92 Å². The van der Waals surface area contributed by atoms with Gasteiger partial charge < -0.3 is 9.84 Å². The minimum Gasteiger partial charge on any atom is -0.393 e. The molecule has 1 N–H and O–H groups in total. The SMILES string of the molecule is CCOC(C)(C)CC(C)O. The van der Waals surface area contributed by atoms with Crippen LogP contribution < -0.4 is 0 Å². The average molecular weight is 146 g/mol. The van der Waals surface area contributed by atoms with E-state index >= 15 is 0 Å². The van der Waals surface area contributed by atoms with Crippen LogP contribution in [0.5, 0.6) is 0 Å². The summed E-state index contributed by atoms with van der Waals surface area (Å²) >= 11 is 0. The largest absolute Gasteiger partial charge is 0.393 e. The lowest BCUT2D eigenvalue weighted by molar-refractivity contribution is -0.0401. The Morgan fingerprint density at radius 2 is 2.00 bits per heavy atom. The van der Waals surface area contributed by atoms with Gasteiger partial charge in [-0.25, -0.2) is 0 Å². The number of hydrogen-bond donors (Lipinski definition) is 1. The molecule has 1 atom stereocenters. The van der Waals surface area contributed by atoms with Crippen molar-refractivity contribution in [3.63, 3.8) is 0 Å². The smallest absolute Gasteiger partial charge is 0.0650 e. The van der Waals surface area contributed by atoms with Crippen LogP contribution in [-0.2, 0) is 4.74 Å². The summed E-state index contributed by atoms with van der Waals surface area (Å²) in [6.07, 6.45) is 0.419. The van der Waals surface area contributed by atoms with Crippen LogP contribution in [0.1, 0.15) is 34.1 Å². The zero-order chi connectivity index (χ0) is 8.20. The van der Waals surface area contributed by atoms with Gasteiger partial charge in [-0.15, -0.1) is 0 Å². The Labute approximate surface area is 63.2 Å². The van der Waals surface area contributed by atoms with E-state index in [0.717, 1.165) is 0 Å². The monoisotopic (exact) mass is 146 g/mol. The van der Waals surface area contributed by atoms with Crippen molar-refractivity contribution in [2.45, 2.75) is 45.8 Å². The normalized spacial score (nSPS) is 15.3. The van der Waals surface area contributed by atoms with Crippen LogP contribution in [0.25, 0.3) is 0 Å². The third-order valence-electron chi connectivity index (χ3n) is 1.32. The van der Waals surface area contributed by atoms with Crippen LogP contribution >= 0.6 is 0 Å². The van der Waals surface area contributed by atoms with E-state index in [1.165, 1.54) is 0 Å². The maximum Gasteiger partial charge on any atom is 0.0650 e. The lowest BCUT2D eigenvalue weighted by Gasteiger charge is -2.25. The van der Waals surface area contributed by atoms with Crippen LogP contribution in [0.15, 0.2) is 0 Å². The van der Waals surface area contributed by atoms with Gasteiger partial charge in [-0.05, 0) is 27.7 Å². The van der Waals surface area contributed by atoms with Gasteiger partial charge >= 0.3 is 0 Å². The van der Waals surface area contributed by atoms with E-state index in [4.69, 9.17) is 9.84 Å². The molecule has 10 heavy (non-hydrogen) atoms. The third-order valence-corrected chi connectivity index (χ3v) is 1.32. The minimum absolute atomic E-state index is 0.178. The summed E-state index contributed by atoms with van der Waals surface area (Å²) in [5.74, 6) is 0. The van der Waals surface area contributed by atoms with Crippen molar-refractivity contribution < 1.29 is 9.84 Å². The molecule has 2 heteroatoms. The fourth-order valence-corrected chi connectivity index (χ4v) is 1.16. The van der Waals surface area contributed by atoms with Crippen molar-refractivity contribution in [2.75, 3.05) is 6.61 Å². The summed E-state index contributed by atoms with van der Waals surface area (Å²) in [5, 5.41) is 9.03. The number of aliphatic hydroxyl groups is 1. The Kier molecular flexibility index (Phi) is 3.91. The quantitative estimate of drug-likeness (QED) is 0.652. The fraction of sp³-hybridized carbons (Fsp3) is 1.00. The second-order valence-corrected chi connectivity index (χ2v) is 3.25. The molecule has 0 aliphatic heterocycles. The van der Waals surface area contributed by atoms with Gasteiger partial charge in [0, 0.05) is 13.0 Å². The summed E-state index contributed by atoms with van der Waals surface area (Å²) in [4.78, 5) is 0. The standard InChI is InChI=1S/C8H18O2/c1-5-10-8(3,4)6-7(2)9/h7,9H,5-6H2,1-4H3. The van der Waals surface area contributed by atoms with E-state index in [0.29, 0.717) is 13.0 Å². The molecule has 0 heterocycles. The average Bonchev–Trinajstić information content (AvgIpc) is 1.59. The van der Waals surface area contributed by atoms with Gasteiger partial charge in [0.2, 0.25) is 0 Å². The van der Waals surface area contributed by atoms with Crippen LogP contribution in [0.4, 0.5) is 0 Å². The Bertz CT molecular complexity index is 87.3. The highest BCUT2D eigenvalue weighted by Gasteiger charge is 2.19. The number of rotatable bonds is 4. The van der Waals surface area contributed by atoms with Crippen molar-refractivity contribution in [3.05, 3.63) is 0 Å². The molecule has 0 saturated carbocycles. The van der Waals surface area contributed by atoms with E-state index in [1.807, 2.05) is 20.8 Å². The van der Waals surface area contributed by atoms with E-state index in [9.17, 15) is 0 Å². The molecule has 0 saturated heterocycles. The summed E-state index contributed by atoms with van der Waals surface area (Å²) in [7, 11) is 0. The molecule has 0 amide bonds. The predicted molar refractivity (Wildman–Crippen MR) is 42.0 cm³/mol. The minimum atomic E-state index is -0.276. The predicted octanol–water partition coefficient (Wildman–Crippen LogP) is 1.57. The molecule has 0 aliphatic carbocycles. The highest BCUT2D eigenvalue weighted by atomic mass is 16.5. The molecule has 0 bridgehead atoms. The summed E-state index contributed by atoms with van der Waals surface area (Å²) < 4.78 is 5.38. The molecular formula is C8H18O2. The van der Waals surface area contributed by atoms with Crippen molar-refractivity contribution in [3.8, 4) is 0 Å². The fourth-order valence-electron chi connectivity index (χ4n) is 1.16. The second-order valence-electron chi connectivity index (χ2n) is 3.25. The molecule has 1 unspecified atom stereocenters. The van der Waals surface area contributed by atoms with Crippen LogP contribution in [0.3, 0.4) is 0 Å². The highest BCUT2D eigenvalue weighted by Crippen LogP contribution is 2.15. The summed E-state index contributed by atoms with van der Waals surface area (Å²) in [6.45, 7) is 8.43. The molecule has 0 radical (unpaired) electrons. The molecule has 0 fully saturated rings. The maximum absolute atomic E-state index is 9.03. The van der Waals surface area contributed by atoms with Gasteiger partial charge in [-0.2, -0.15) is 0 Å². The van der Waals surface area contributed by atoms with E-state index in [2.05, 4.69) is 0 Å². The third kappa shape index (κ3) is 4.77. The zero-order valence-corrected chi connectivity index (χ0v) is 7.35. The Balaban J connectivity index is 3.63. The van der Waals surface area contributed by atoms with E-state index < -0.39 is 0 Å². The van der Waals surface area contributed by atoms with Gasteiger partial charge in [0.05, 0.1) is 11.7 Å². The Morgan fingerprint density at radius 1 is 1.50 bits per heavy atom. The Hall–Kier alpha value is -0.0800. The van der Waals surface area contributed by atoms with Crippen molar-refractivity contribution in [1.29, 1.82) is 0 Å². The van der Waals surface area contributed by atoms with Gasteiger partial charge in [0.15, 0.2) is 0 Å². The topological polar surface area (TPSA) is 29.5 Å². The van der Waals surface area contributed by atoms with Crippen LogP contribution in [0, 0.1) is 0 Å². The lowest BCUT2D eigenvalue weighted by Crippen LogP contribution is -2.28. The first-order valence-corrected chi connectivity index (χ1v) is 3.80. The molecular weight excluding hydrogens is 128 g/mol. The summed E-state index contributed by atoms with van der Waals surface area (Å²) in [6, 6.07) is 0. The number of hydrogen-bond acceptors (Lipinski definition) is 2. The Morgan fingerprint density at radius 3 is 2.30 bits per heavy atom. The highest BCUT2D eigenvalue weighted by molar-refractivity contribution is 4.70. The molecule has 0 aromatic carbocycles. The van der Waals surface area contributed by atoms with Crippen molar-refractivity contribution >= 4 is 0 Å². The van der Waals surface area contributed by atoms with Gasteiger partial charge in [0.1, 0.15) is 0 Å². The lowest BCUT2D eigenvalue weighted by atomic mass is 10.0. The molecule has 2 nitrogen and oxygen atoms in total. The van der Waals surface area contributed by atoms with Gasteiger partial charge in [0.25, 0.3) is 0 Å². The van der Waals surface area contributed by atoms with Crippen LogP contribution in [-0.4, -0.2) is 23.4 Å². The molecule has 62 valence electrons. The van der Waals surface area contributed by atoms with Crippen molar-refractivity contribution in [1.82, 2.24) is 0 Å². The molecule has 0 spiro atoms. The second kappa shape index (κ2) is 3.94. The van der Waals surface area contributed by atoms with Crippen LogP contribution in [0.2, 0.25) is 0 Å². The maximum atomic E-state index is 9.03. The van der Waals surface area contributed by atoms with Crippen molar-refractivity contribution in [2.24, 2.45) is 0 Å². The molecule has 0 aliphatic rings.